The predicted octanol–water partition coefficient (Wildman–Crippen LogP) is -0.632. The third-order valence-electron chi connectivity index (χ3n) is 2.74. The van der Waals surface area contributed by atoms with Crippen LogP contribution in [0.25, 0.3) is 0 Å². The molecular formula is C12H12F3N2O5S-. The average Bonchev–Trinajstić information content (AvgIpc) is 2.42. The minimum absolute atomic E-state index is 0.484. The Balaban J connectivity index is 3.16. The second kappa shape index (κ2) is 6.96. The van der Waals surface area contributed by atoms with Gasteiger partial charge in [0.25, 0.3) is 0 Å². The van der Waals surface area contributed by atoms with Gasteiger partial charge in [0.1, 0.15) is 0 Å². The molecule has 0 aliphatic rings. The monoisotopic (exact) mass is 353 g/mol. The highest BCUT2D eigenvalue weighted by atomic mass is 32.2. The molecular weight excluding hydrogens is 341 g/mol. The summed E-state index contributed by atoms with van der Waals surface area (Å²) < 4.78 is 64.2. The highest BCUT2D eigenvalue weighted by Gasteiger charge is 2.37. The number of carbonyl (C=O) groups excluding carboxylic acids is 2. The van der Waals surface area contributed by atoms with Gasteiger partial charge in [0, 0.05) is 6.42 Å². The van der Waals surface area contributed by atoms with Crippen LogP contribution in [-0.2, 0) is 25.8 Å². The number of rotatable bonds is 7. The van der Waals surface area contributed by atoms with E-state index in [1.165, 1.54) is 0 Å². The van der Waals surface area contributed by atoms with Crippen molar-refractivity contribution >= 4 is 21.9 Å². The molecule has 0 radical (unpaired) electrons. The molecule has 1 amide bonds. The fraction of sp³-hybridized carbons (Fsp3) is 0.333. The van der Waals surface area contributed by atoms with Gasteiger partial charge in [-0.05, 0) is 18.6 Å². The highest BCUT2D eigenvalue weighted by molar-refractivity contribution is 7.89. The minimum Gasteiger partial charge on any atom is -0.548 e. The number of nitrogens with one attached hydrogen (secondary N) is 1. The number of hydrogen-bond acceptors (Lipinski definition) is 5. The van der Waals surface area contributed by atoms with Crippen molar-refractivity contribution in [1.82, 2.24) is 4.72 Å². The van der Waals surface area contributed by atoms with Gasteiger partial charge < -0.3 is 15.6 Å². The number of halogens is 3. The number of aliphatic carboxylic acids is 1. The molecule has 0 fully saturated rings. The number of hydrogen-bond donors (Lipinski definition) is 2. The van der Waals surface area contributed by atoms with Crippen LogP contribution >= 0.6 is 0 Å². The van der Waals surface area contributed by atoms with Gasteiger partial charge in [0.05, 0.1) is 22.5 Å². The van der Waals surface area contributed by atoms with Crippen molar-refractivity contribution in [2.45, 2.75) is 30.0 Å². The molecule has 0 aromatic heterocycles. The van der Waals surface area contributed by atoms with Crippen LogP contribution in [0.4, 0.5) is 13.2 Å². The number of carboxylic acids is 1. The first-order valence-electron chi connectivity index (χ1n) is 6.13. The SMILES string of the molecule is NC(=O)CC[C@H](NS(=O)(=O)c1ccccc1C(F)(F)F)C(=O)[O-]. The molecule has 0 bridgehead atoms. The summed E-state index contributed by atoms with van der Waals surface area (Å²) in [5.41, 5.74) is 3.37. The highest BCUT2D eigenvalue weighted by Crippen LogP contribution is 2.33. The summed E-state index contributed by atoms with van der Waals surface area (Å²) in [4.78, 5) is 20.4. The number of carbonyl (C=O) groups is 2. The molecule has 23 heavy (non-hydrogen) atoms. The van der Waals surface area contributed by atoms with E-state index in [9.17, 15) is 36.3 Å². The summed E-state index contributed by atoms with van der Waals surface area (Å²) in [6.45, 7) is 0. The summed E-state index contributed by atoms with van der Waals surface area (Å²) in [5.74, 6) is -2.79. The summed E-state index contributed by atoms with van der Waals surface area (Å²) >= 11 is 0. The van der Waals surface area contributed by atoms with Crippen LogP contribution in [0.2, 0.25) is 0 Å². The normalized spacial score (nSPS) is 13.5. The molecule has 128 valence electrons. The smallest absolute Gasteiger partial charge is 0.417 e. The van der Waals surface area contributed by atoms with Gasteiger partial charge in [-0.3, -0.25) is 4.79 Å². The number of primary amides is 1. The predicted molar refractivity (Wildman–Crippen MR) is 69.0 cm³/mol. The van der Waals surface area contributed by atoms with Crippen molar-refractivity contribution in [3.05, 3.63) is 29.8 Å². The van der Waals surface area contributed by atoms with Gasteiger partial charge in [-0.15, -0.1) is 0 Å². The van der Waals surface area contributed by atoms with E-state index in [1.54, 1.807) is 4.72 Å². The Hall–Kier alpha value is -2.14. The third kappa shape index (κ3) is 5.21. The second-order valence-corrected chi connectivity index (χ2v) is 6.17. The number of benzene rings is 1. The molecule has 1 atom stereocenters. The molecule has 0 aliphatic carbocycles. The van der Waals surface area contributed by atoms with Crippen LogP contribution in [0, 0.1) is 0 Å². The fourth-order valence-electron chi connectivity index (χ4n) is 1.70. The zero-order valence-corrected chi connectivity index (χ0v) is 12.3. The molecule has 1 aromatic carbocycles. The quantitative estimate of drug-likeness (QED) is 0.674. The fourth-order valence-corrected chi connectivity index (χ4v) is 3.14. The lowest BCUT2D eigenvalue weighted by Crippen LogP contribution is -2.48. The zero-order chi connectivity index (χ0) is 17.8. The van der Waals surface area contributed by atoms with Crippen molar-refractivity contribution in [1.29, 1.82) is 0 Å². The third-order valence-corrected chi connectivity index (χ3v) is 4.27. The molecule has 0 heterocycles. The van der Waals surface area contributed by atoms with E-state index in [1.807, 2.05) is 0 Å². The van der Waals surface area contributed by atoms with Gasteiger partial charge in [0.2, 0.25) is 15.9 Å². The van der Waals surface area contributed by atoms with Gasteiger partial charge in [0.15, 0.2) is 0 Å². The molecule has 0 saturated carbocycles. The molecule has 1 rings (SSSR count). The minimum atomic E-state index is -4.95. The molecule has 0 spiro atoms. The van der Waals surface area contributed by atoms with Gasteiger partial charge >= 0.3 is 6.18 Å². The van der Waals surface area contributed by atoms with Gasteiger partial charge in [-0.2, -0.15) is 13.2 Å². The van der Waals surface area contributed by atoms with Crippen molar-refractivity contribution in [2.24, 2.45) is 5.73 Å². The molecule has 1 aromatic rings. The Morgan fingerprint density at radius 3 is 2.30 bits per heavy atom. The maximum absolute atomic E-state index is 12.8. The number of alkyl halides is 3. The molecule has 11 heteroatoms. The Kier molecular flexibility index (Phi) is 5.72. The van der Waals surface area contributed by atoms with Crippen molar-refractivity contribution < 1.29 is 36.3 Å². The van der Waals surface area contributed by atoms with Crippen LogP contribution in [0.1, 0.15) is 18.4 Å². The van der Waals surface area contributed by atoms with E-state index in [0.29, 0.717) is 12.1 Å². The first kappa shape index (κ1) is 18.9. The molecule has 0 unspecified atom stereocenters. The number of carboxylic acid groups (broad SMARTS) is 1. The molecule has 0 aliphatic heterocycles. The molecule has 0 saturated heterocycles. The van der Waals surface area contributed by atoms with E-state index in [-0.39, 0.29) is 0 Å². The standard InChI is InChI=1S/C12H13F3N2O5S/c13-12(14,15)7-3-1-2-4-9(7)23(21,22)17-8(11(19)20)5-6-10(16)18/h1-4,8,17H,5-6H2,(H2,16,18)(H,19,20)/p-1/t8-/m0/s1. The van der Waals surface area contributed by atoms with E-state index >= 15 is 0 Å². The van der Waals surface area contributed by atoms with E-state index in [0.717, 1.165) is 12.1 Å². The maximum atomic E-state index is 12.8. The van der Waals surface area contributed by atoms with E-state index in [2.05, 4.69) is 0 Å². The van der Waals surface area contributed by atoms with E-state index < -0.39 is 57.4 Å². The number of amides is 1. The first-order chi connectivity index (χ1) is 10.4. The van der Waals surface area contributed by atoms with Crippen LogP contribution in [-0.4, -0.2) is 26.3 Å². The summed E-state index contributed by atoms with van der Waals surface area (Å²) in [7, 11) is -4.81. The Bertz CT molecular complexity index is 703. The topological polar surface area (TPSA) is 129 Å². The van der Waals surface area contributed by atoms with Crippen molar-refractivity contribution in [3.8, 4) is 0 Å². The van der Waals surface area contributed by atoms with Gasteiger partial charge in [-0.1, -0.05) is 12.1 Å². The molecule has 7 nitrogen and oxygen atoms in total. The first-order valence-corrected chi connectivity index (χ1v) is 7.61. The second-order valence-electron chi connectivity index (χ2n) is 4.49. The zero-order valence-electron chi connectivity index (χ0n) is 11.5. The van der Waals surface area contributed by atoms with Gasteiger partial charge in [-0.25, -0.2) is 13.1 Å². The van der Waals surface area contributed by atoms with Crippen LogP contribution in [0.15, 0.2) is 29.2 Å². The number of nitrogens with two attached hydrogens (primary N) is 1. The lowest BCUT2D eigenvalue weighted by atomic mass is 10.2. The van der Waals surface area contributed by atoms with Crippen LogP contribution in [0.3, 0.4) is 0 Å². The number of sulfonamides is 1. The summed E-state index contributed by atoms with van der Waals surface area (Å²) in [6.07, 6.45) is -5.98. The lowest BCUT2D eigenvalue weighted by Gasteiger charge is -2.20. The summed E-state index contributed by atoms with van der Waals surface area (Å²) in [5, 5.41) is 10.9. The average molecular weight is 353 g/mol. The largest absolute Gasteiger partial charge is 0.548 e. The Morgan fingerprint density at radius 2 is 1.83 bits per heavy atom. The van der Waals surface area contributed by atoms with Crippen LogP contribution in [0.5, 0.6) is 0 Å². The van der Waals surface area contributed by atoms with Crippen LogP contribution < -0.4 is 15.6 Å². The van der Waals surface area contributed by atoms with E-state index in [4.69, 9.17) is 5.73 Å². The Morgan fingerprint density at radius 1 is 1.26 bits per heavy atom. The lowest BCUT2D eigenvalue weighted by molar-refractivity contribution is -0.308. The maximum Gasteiger partial charge on any atom is 0.417 e. The van der Waals surface area contributed by atoms with Crippen molar-refractivity contribution in [2.75, 3.05) is 0 Å². The van der Waals surface area contributed by atoms with Crippen molar-refractivity contribution in [3.63, 3.8) is 0 Å². The summed E-state index contributed by atoms with van der Waals surface area (Å²) in [6, 6.07) is 1.39. The Labute approximate surface area is 129 Å². The molecule has 3 N–H and O–H groups in total.